The maximum absolute atomic E-state index is 11.3. The molecule has 4 heteroatoms. The summed E-state index contributed by atoms with van der Waals surface area (Å²) in [6.07, 6.45) is 3.47. The van der Waals surface area contributed by atoms with Crippen molar-refractivity contribution in [1.29, 1.82) is 0 Å². The molecule has 1 aromatic heterocycles. The molecule has 17 heavy (non-hydrogen) atoms. The molecule has 0 unspecified atom stereocenters. The number of carboxylic acids is 1. The molecule has 1 aromatic carbocycles. The van der Waals surface area contributed by atoms with Gasteiger partial charge in [0.05, 0.1) is 7.11 Å². The number of aromatic nitrogens is 1. The summed E-state index contributed by atoms with van der Waals surface area (Å²) in [7, 11) is 1.56. The van der Waals surface area contributed by atoms with Gasteiger partial charge in [-0.3, -0.25) is 0 Å². The van der Waals surface area contributed by atoms with E-state index in [2.05, 4.69) is 0 Å². The van der Waals surface area contributed by atoms with Crippen molar-refractivity contribution in [3.63, 3.8) is 0 Å². The van der Waals surface area contributed by atoms with Crippen LogP contribution in [0.1, 0.15) is 11.6 Å². The first-order valence-electron chi connectivity index (χ1n) is 5.21. The molecule has 2 rings (SSSR count). The second kappa shape index (κ2) is 4.74. The molecule has 0 spiro atoms. The standard InChI is InChI=1S/C13H13NO3/c1-17-11-6-4-5-10(9-11)12(13(15)16)14-7-2-3-8-14/h2-9,12H,1H3,(H,15,16)/t12-/m0/s1. The van der Waals surface area contributed by atoms with Crippen molar-refractivity contribution in [2.75, 3.05) is 7.11 Å². The second-order valence-electron chi connectivity index (χ2n) is 3.65. The monoisotopic (exact) mass is 231 g/mol. The van der Waals surface area contributed by atoms with E-state index in [1.54, 1.807) is 60.5 Å². The van der Waals surface area contributed by atoms with Crippen LogP contribution in [0, 0.1) is 0 Å². The summed E-state index contributed by atoms with van der Waals surface area (Å²) in [5, 5.41) is 9.30. The molecule has 0 bridgehead atoms. The lowest BCUT2D eigenvalue weighted by Crippen LogP contribution is -2.18. The molecule has 0 aliphatic rings. The first-order valence-corrected chi connectivity index (χ1v) is 5.21. The van der Waals surface area contributed by atoms with Gasteiger partial charge < -0.3 is 14.4 Å². The third-order valence-electron chi connectivity index (χ3n) is 2.57. The maximum Gasteiger partial charge on any atom is 0.331 e. The van der Waals surface area contributed by atoms with Gasteiger partial charge in [0.15, 0.2) is 6.04 Å². The lowest BCUT2D eigenvalue weighted by Gasteiger charge is -2.15. The smallest absolute Gasteiger partial charge is 0.331 e. The molecular weight excluding hydrogens is 218 g/mol. The van der Waals surface area contributed by atoms with Crippen molar-refractivity contribution in [3.8, 4) is 5.75 Å². The van der Waals surface area contributed by atoms with E-state index in [0.717, 1.165) is 0 Å². The molecule has 88 valence electrons. The number of aliphatic carboxylic acids is 1. The summed E-state index contributed by atoms with van der Waals surface area (Å²) in [5.41, 5.74) is 0.688. The van der Waals surface area contributed by atoms with Crippen molar-refractivity contribution in [2.24, 2.45) is 0 Å². The van der Waals surface area contributed by atoms with E-state index >= 15 is 0 Å². The molecule has 0 aliphatic heterocycles. The molecule has 0 amide bonds. The Morgan fingerprint density at radius 3 is 2.59 bits per heavy atom. The molecule has 4 nitrogen and oxygen atoms in total. The van der Waals surface area contributed by atoms with Crippen LogP contribution in [0.25, 0.3) is 0 Å². The number of rotatable bonds is 4. The highest BCUT2D eigenvalue weighted by Gasteiger charge is 2.21. The van der Waals surface area contributed by atoms with Gasteiger partial charge in [-0.05, 0) is 29.8 Å². The number of hydrogen-bond donors (Lipinski definition) is 1. The van der Waals surface area contributed by atoms with E-state index in [1.807, 2.05) is 0 Å². The molecule has 1 atom stereocenters. The number of benzene rings is 1. The fourth-order valence-corrected chi connectivity index (χ4v) is 1.77. The summed E-state index contributed by atoms with van der Waals surface area (Å²) >= 11 is 0. The number of methoxy groups -OCH3 is 1. The number of hydrogen-bond acceptors (Lipinski definition) is 2. The number of carbonyl (C=O) groups is 1. The summed E-state index contributed by atoms with van der Waals surface area (Å²) in [6.45, 7) is 0. The minimum atomic E-state index is -0.894. The van der Waals surface area contributed by atoms with Crippen molar-refractivity contribution in [3.05, 3.63) is 54.4 Å². The summed E-state index contributed by atoms with van der Waals surface area (Å²) in [5.74, 6) is -0.240. The van der Waals surface area contributed by atoms with Crippen LogP contribution >= 0.6 is 0 Å². The average molecular weight is 231 g/mol. The van der Waals surface area contributed by atoms with Crippen molar-refractivity contribution >= 4 is 5.97 Å². The van der Waals surface area contributed by atoms with Crippen LogP contribution in [0.15, 0.2) is 48.8 Å². The average Bonchev–Trinajstić information content (AvgIpc) is 2.83. The molecule has 0 radical (unpaired) electrons. The molecule has 1 N–H and O–H groups in total. The van der Waals surface area contributed by atoms with Crippen LogP contribution in [-0.4, -0.2) is 22.8 Å². The van der Waals surface area contributed by atoms with Gasteiger partial charge in [0, 0.05) is 12.4 Å². The number of carboxylic acid groups (broad SMARTS) is 1. The molecule has 1 heterocycles. The number of nitrogens with zero attached hydrogens (tertiary/aromatic N) is 1. The molecule has 0 aliphatic carbocycles. The first-order chi connectivity index (χ1) is 8.22. The zero-order valence-electron chi connectivity index (χ0n) is 9.41. The van der Waals surface area contributed by atoms with Gasteiger partial charge in [-0.2, -0.15) is 0 Å². The van der Waals surface area contributed by atoms with Crippen molar-refractivity contribution in [2.45, 2.75) is 6.04 Å². The van der Waals surface area contributed by atoms with E-state index in [1.165, 1.54) is 0 Å². The van der Waals surface area contributed by atoms with Gasteiger partial charge in [-0.15, -0.1) is 0 Å². The van der Waals surface area contributed by atoms with E-state index in [4.69, 9.17) is 4.74 Å². The topological polar surface area (TPSA) is 51.5 Å². The summed E-state index contributed by atoms with van der Waals surface area (Å²) in [6, 6.07) is 9.97. The van der Waals surface area contributed by atoms with Crippen LogP contribution in [0.4, 0.5) is 0 Å². The lowest BCUT2D eigenvalue weighted by atomic mass is 10.1. The van der Waals surface area contributed by atoms with Crippen LogP contribution < -0.4 is 4.74 Å². The predicted molar refractivity (Wildman–Crippen MR) is 63.2 cm³/mol. The molecular formula is C13H13NO3. The van der Waals surface area contributed by atoms with Gasteiger partial charge in [0.1, 0.15) is 5.75 Å². The highest BCUT2D eigenvalue weighted by atomic mass is 16.5. The molecule has 2 aromatic rings. The van der Waals surface area contributed by atoms with Crippen LogP contribution in [0.2, 0.25) is 0 Å². The zero-order chi connectivity index (χ0) is 12.3. The van der Waals surface area contributed by atoms with Gasteiger partial charge >= 0.3 is 5.97 Å². The summed E-state index contributed by atoms with van der Waals surface area (Å²) in [4.78, 5) is 11.3. The highest BCUT2D eigenvalue weighted by molar-refractivity contribution is 5.76. The van der Waals surface area contributed by atoms with Crippen molar-refractivity contribution in [1.82, 2.24) is 4.57 Å². The molecule has 0 saturated carbocycles. The van der Waals surface area contributed by atoms with Crippen molar-refractivity contribution < 1.29 is 14.6 Å². The first kappa shape index (κ1) is 11.3. The maximum atomic E-state index is 11.3. The molecule has 0 saturated heterocycles. The largest absolute Gasteiger partial charge is 0.497 e. The highest BCUT2D eigenvalue weighted by Crippen LogP contribution is 2.22. The zero-order valence-corrected chi connectivity index (χ0v) is 9.41. The van der Waals surface area contributed by atoms with Crippen LogP contribution in [-0.2, 0) is 4.79 Å². The van der Waals surface area contributed by atoms with Gasteiger partial charge in [0.25, 0.3) is 0 Å². The summed E-state index contributed by atoms with van der Waals surface area (Å²) < 4.78 is 6.75. The van der Waals surface area contributed by atoms with E-state index < -0.39 is 12.0 Å². The Hall–Kier alpha value is -2.23. The van der Waals surface area contributed by atoms with Gasteiger partial charge in [-0.1, -0.05) is 12.1 Å². The lowest BCUT2D eigenvalue weighted by molar-refractivity contribution is -0.139. The molecule has 0 fully saturated rings. The van der Waals surface area contributed by atoms with Gasteiger partial charge in [0.2, 0.25) is 0 Å². The second-order valence-corrected chi connectivity index (χ2v) is 3.65. The third kappa shape index (κ3) is 2.30. The Morgan fingerprint density at radius 2 is 2.00 bits per heavy atom. The Kier molecular flexibility index (Phi) is 3.14. The SMILES string of the molecule is COc1cccc([C@@H](C(=O)O)n2cccc2)c1. The Labute approximate surface area is 99.1 Å². The van der Waals surface area contributed by atoms with Crippen LogP contribution in [0.5, 0.6) is 5.75 Å². The Balaban J connectivity index is 2.43. The minimum Gasteiger partial charge on any atom is -0.497 e. The minimum absolute atomic E-state index is 0.654. The van der Waals surface area contributed by atoms with E-state index in [0.29, 0.717) is 11.3 Å². The van der Waals surface area contributed by atoms with E-state index in [9.17, 15) is 9.90 Å². The fraction of sp³-hybridized carbons (Fsp3) is 0.154. The third-order valence-corrected chi connectivity index (χ3v) is 2.57. The number of ether oxygens (including phenoxy) is 1. The van der Waals surface area contributed by atoms with Crippen LogP contribution in [0.3, 0.4) is 0 Å². The Morgan fingerprint density at radius 1 is 1.29 bits per heavy atom. The quantitative estimate of drug-likeness (QED) is 0.877. The van der Waals surface area contributed by atoms with E-state index in [-0.39, 0.29) is 0 Å². The Bertz CT molecular complexity index is 505. The fourth-order valence-electron chi connectivity index (χ4n) is 1.77. The van der Waals surface area contributed by atoms with Gasteiger partial charge in [-0.25, -0.2) is 4.79 Å². The normalized spacial score (nSPS) is 12.1. The predicted octanol–water partition coefficient (Wildman–Crippen LogP) is 2.17.